The van der Waals surface area contributed by atoms with Crippen LogP contribution in [0.15, 0.2) is 0 Å². The van der Waals surface area contributed by atoms with Gasteiger partial charge in [0.2, 0.25) is 17.7 Å². The maximum absolute atomic E-state index is 12.3. The molecule has 0 heterocycles. The van der Waals surface area contributed by atoms with Crippen molar-refractivity contribution in [3.8, 4) is 0 Å². The summed E-state index contributed by atoms with van der Waals surface area (Å²) in [7, 11) is 0. The van der Waals surface area contributed by atoms with Gasteiger partial charge in [0.05, 0.1) is 19.0 Å². The lowest BCUT2D eigenvalue weighted by Crippen LogP contribution is -2.54. The fourth-order valence-corrected chi connectivity index (χ4v) is 2.66. The van der Waals surface area contributed by atoms with Crippen molar-refractivity contribution in [2.75, 3.05) is 18.6 Å². The standard InChI is InChI=1S/C17H30N4O7S/c1-4-9(2)14(18)16(26)19-8-12(22)20-11(7-13(23)24)15(25)21-10(17(27)28)5-6-29-3/h9-11,14H,4-8,18H2,1-3H3,(H,19,26)(H,20,22)(H,21,25)(H,23,24)(H,27,28). The van der Waals surface area contributed by atoms with Gasteiger partial charge in [-0.2, -0.15) is 11.8 Å². The van der Waals surface area contributed by atoms with E-state index in [1.165, 1.54) is 11.8 Å². The van der Waals surface area contributed by atoms with Gasteiger partial charge in [0, 0.05) is 0 Å². The Morgan fingerprint density at radius 1 is 1.03 bits per heavy atom. The molecule has 11 nitrogen and oxygen atoms in total. The van der Waals surface area contributed by atoms with Crippen LogP contribution in [0.3, 0.4) is 0 Å². The van der Waals surface area contributed by atoms with Crippen LogP contribution in [-0.2, 0) is 24.0 Å². The Morgan fingerprint density at radius 3 is 2.14 bits per heavy atom. The highest BCUT2D eigenvalue weighted by atomic mass is 32.2. The number of nitrogens with one attached hydrogen (secondary N) is 3. The lowest BCUT2D eigenvalue weighted by molar-refractivity contribution is -0.143. The molecule has 0 aliphatic heterocycles. The number of thioether (sulfide) groups is 1. The van der Waals surface area contributed by atoms with Crippen molar-refractivity contribution in [1.29, 1.82) is 0 Å². The summed E-state index contributed by atoms with van der Waals surface area (Å²) in [5, 5.41) is 24.9. The monoisotopic (exact) mass is 434 g/mol. The molecule has 0 saturated heterocycles. The van der Waals surface area contributed by atoms with Gasteiger partial charge in [0.15, 0.2) is 0 Å². The topological polar surface area (TPSA) is 188 Å². The summed E-state index contributed by atoms with van der Waals surface area (Å²) in [5.41, 5.74) is 5.75. The lowest BCUT2D eigenvalue weighted by atomic mass is 9.99. The molecule has 0 aromatic rings. The second-order valence-corrected chi connectivity index (χ2v) is 7.51. The highest BCUT2D eigenvalue weighted by Crippen LogP contribution is 2.05. The molecule has 0 saturated carbocycles. The molecule has 0 aromatic carbocycles. The molecule has 0 aliphatic carbocycles. The van der Waals surface area contributed by atoms with Crippen LogP contribution in [0.1, 0.15) is 33.1 Å². The number of amides is 3. The number of carboxylic acid groups (broad SMARTS) is 2. The van der Waals surface area contributed by atoms with Gasteiger partial charge in [0.25, 0.3) is 0 Å². The molecule has 12 heteroatoms. The first kappa shape index (κ1) is 26.7. The first-order valence-corrected chi connectivity index (χ1v) is 10.5. The van der Waals surface area contributed by atoms with Crippen molar-refractivity contribution in [2.45, 2.75) is 51.2 Å². The van der Waals surface area contributed by atoms with Gasteiger partial charge in [-0.15, -0.1) is 0 Å². The van der Waals surface area contributed by atoms with Gasteiger partial charge in [-0.25, -0.2) is 4.79 Å². The van der Waals surface area contributed by atoms with E-state index in [2.05, 4.69) is 16.0 Å². The summed E-state index contributed by atoms with van der Waals surface area (Å²) >= 11 is 1.39. The Morgan fingerprint density at radius 2 is 1.66 bits per heavy atom. The zero-order valence-corrected chi connectivity index (χ0v) is 17.6. The third-order valence-electron chi connectivity index (χ3n) is 4.24. The van der Waals surface area contributed by atoms with Gasteiger partial charge in [-0.1, -0.05) is 20.3 Å². The second kappa shape index (κ2) is 13.8. The van der Waals surface area contributed by atoms with Crippen LogP contribution in [0.2, 0.25) is 0 Å². The average Bonchev–Trinajstić information content (AvgIpc) is 2.66. The Balaban J connectivity index is 4.90. The molecule has 3 amide bonds. The molecule has 4 unspecified atom stereocenters. The fourth-order valence-electron chi connectivity index (χ4n) is 2.19. The van der Waals surface area contributed by atoms with Crippen LogP contribution >= 0.6 is 11.8 Å². The van der Waals surface area contributed by atoms with Crippen molar-refractivity contribution in [3.05, 3.63) is 0 Å². The van der Waals surface area contributed by atoms with Crippen molar-refractivity contribution in [2.24, 2.45) is 11.7 Å². The van der Waals surface area contributed by atoms with E-state index in [4.69, 9.17) is 15.9 Å². The first-order chi connectivity index (χ1) is 13.5. The number of aliphatic carboxylic acids is 2. The summed E-state index contributed by atoms with van der Waals surface area (Å²) < 4.78 is 0. The Hall–Kier alpha value is -2.34. The minimum atomic E-state index is -1.49. The Labute approximate surface area is 173 Å². The average molecular weight is 435 g/mol. The zero-order valence-electron chi connectivity index (χ0n) is 16.8. The molecule has 29 heavy (non-hydrogen) atoms. The van der Waals surface area contributed by atoms with E-state index in [0.29, 0.717) is 12.2 Å². The molecule has 0 radical (unpaired) electrons. The SMILES string of the molecule is CCC(C)C(N)C(=O)NCC(=O)NC(CC(=O)O)C(=O)NC(CCSC)C(=O)O. The van der Waals surface area contributed by atoms with Crippen LogP contribution in [0, 0.1) is 5.92 Å². The lowest BCUT2D eigenvalue weighted by Gasteiger charge is -2.21. The smallest absolute Gasteiger partial charge is 0.326 e. The van der Waals surface area contributed by atoms with Gasteiger partial charge < -0.3 is 31.9 Å². The predicted octanol–water partition coefficient (Wildman–Crippen LogP) is -1.24. The van der Waals surface area contributed by atoms with Crippen LogP contribution in [0.25, 0.3) is 0 Å². The highest BCUT2D eigenvalue weighted by Gasteiger charge is 2.28. The van der Waals surface area contributed by atoms with E-state index in [1.807, 2.05) is 6.92 Å². The molecule has 0 rings (SSSR count). The number of hydrogen-bond donors (Lipinski definition) is 6. The first-order valence-electron chi connectivity index (χ1n) is 9.09. The maximum atomic E-state index is 12.3. The summed E-state index contributed by atoms with van der Waals surface area (Å²) in [6.45, 7) is 3.15. The number of rotatable bonds is 14. The number of hydrogen-bond acceptors (Lipinski definition) is 7. The molecular weight excluding hydrogens is 404 g/mol. The summed E-state index contributed by atoms with van der Waals surface area (Å²) in [6, 6.07) is -3.51. The quantitative estimate of drug-likeness (QED) is 0.194. The zero-order chi connectivity index (χ0) is 22.6. The highest BCUT2D eigenvalue weighted by molar-refractivity contribution is 7.98. The molecular formula is C17H30N4O7S. The van der Waals surface area contributed by atoms with Gasteiger partial charge in [-0.05, 0) is 24.3 Å². The Bertz CT molecular complexity index is 602. The second-order valence-electron chi connectivity index (χ2n) is 6.53. The third kappa shape index (κ3) is 10.7. The Kier molecular flexibility index (Phi) is 12.7. The van der Waals surface area contributed by atoms with Crippen molar-refractivity contribution < 1.29 is 34.2 Å². The molecule has 0 bridgehead atoms. The van der Waals surface area contributed by atoms with Crippen molar-refractivity contribution >= 4 is 41.4 Å². The number of carbonyl (C=O) groups excluding carboxylic acids is 3. The van der Waals surface area contributed by atoms with E-state index in [9.17, 15) is 24.0 Å². The molecule has 7 N–H and O–H groups in total. The minimum absolute atomic E-state index is 0.0992. The van der Waals surface area contributed by atoms with Gasteiger partial charge in [-0.3, -0.25) is 19.2 Å². The van der Waals surface area contributed by atoms with E-state index >= 15 is 0 Å². The predicted molar refractivity (Wildman–Crippen MR) is 107 cm³/mol. The number of carboxylic acids is 2. The van der Waals surface area contributed by atoms with Crippen LogP contribution in [0.4, 0.5) is 0 Å². The third-order valence-corrected chi connectivity index (χ3v) is 4.88. The van der Waals surface area contributed by atoms with Gasteiger partial charge in [0.1, 0.15) is 12.1 Å². The molecule has 0 spiro atoms. The normalized spacial score (nSPS) is 14.8. The van der Waals surface area contributed by atoms with Crippen LogP contribution < -0.4 is 21.7 Å². The van der Waals surface area contributed by atoms with Crippen LogP contribution in [-0.4, -0.2) is 76.6 Å². The van der Waals surface area contributed by atoms with E-state index in [-0.39, 0.29) is 12.3 Å². The fraction of sp³-hybridized carbons (Fsp3) is 0.706. The molecule has 0 fully saturated rings. The number of carbonyl (C=O) groups is 5. The maximum Gasteiger partial charge on any atom is 0.326 e. The summed E-state index contributed by atoms with van der Waals surface area (Å²) in [4.78, 5) is 58.5. The number of nitrogens with two attached hydrogens (primary N) is 1. The summed E-state index contributed by atoms with van der Waals surface area (Å²) in [5.74, 6) is -4.53. The van der Waals surface area contributed by atoms with Crippen LogP contribution in [0.5, 0.6) is 0 Å². The van der Waals surface area contributed by atoms with E-state index < -0.39 is 60.8 Å². The largest absolute Gasteiger partial charge is 0.481 e. The van der Waals surface area contributed by atoms with Gasteiger partial charge >= 0.3 is 11.9 Å². The van der Waals surface area contributed by atoms with Crippen molar-refractivity contribution in [3.63, 3.8) is 0 Å². The van der Waals surface area contributed by atoms with Crippen molar-refractivity contribution in [1.82, 2.24) is 16.0 Å². The summed E-state index contributed by atoms with van der Waals surface area (Å²) in [6.07, 6.45) is 1.84. The van der Waals surface area contributed by atoms with E-state index in [0.717, 1.165) is 0 Å². The molecule has 166 valence electrons. The van der Waals surface area contributed by atoms with E-state index in [1.54, 1.807) is 13.2 Å². The molecule has 0 aliphatic rings. The minimum Gasteiger partial charge on any atom is -0.481 e. The molecule has 4 atom stereocenters. The molecule has 0 aromatic heterocycles.